The second-order valence-corrected chi connectivity index (χ2v) is 9.44. The van der Waals surface area contributed by atoms with Crippen molar-refractivity contribution in [3.8, 4) is 11.1 Å². The molecular weight excluding hydrogens is 462 g/mol. The van der Waals surface area contributed by atoms with Crippen LogP contribution in [0.3, 0.4) is 0 Å². The van der Waals surface area contributed by atoms with Crippen molar-refractivity contribution >= 4 is 23.1 Å². The highest BCUT2D eigenvalue weighted by Gasteiger charge is 2.26. The van der Waals surface area contributed by atoms with Crippen molar-refractivity contribution in [2.75, 3.05) is 13.2 Å². The van der Waals surface area contributed by atoms with Crippen molar-refractivity contribution in [1.29, 1.82) is 0 Å². The van der Waals surface area contributed by atoms with E-state index in [1.807, 2.05) is 30.7 Å². The zero-order valence-corrected chi connectivity index (χ0v) is 21.3. The van der Waals surface area contributed by atoms with Crippen LogP contribution in [0.2, 0.25) is 0 Å². The van der Waals surface area contributed by atoms with E-state index in [-0.39, 0.29) is 13.2 Å². The molecule has 0 saturated carbocycles. The average Bonchev–Trinajstić information content (AvgIpc) is 3.52. The molecule has 0 unspecified atom stereocenters. The summed E-state index contributed by atoms with van der Waals surface area (Å²) in [7, 11) is 1.97. The van der Waals surface area contributed by atoms with Crippen molar-refractivity contribution in [2.45, 2.75) is 38.8 Å². The van der Waals surface area contributed by atoms with Crippen LogP contribution in [-0.4, -0.2) is 40.2 Å². The van der Waals surface area contributed by atoms with Gasteiger partial charge in [0, 0.05) is 12.7 Å². The highest BCUT2D eigenvalue weighted by atomic mass is 32.1. The SMILES string of the molecule is C=CCOC(=O)N[C@@](C)(CO)CCc1ccc(C(C)=NOCc2ccc(-c3ccsc3)cc2)n1C. The first-order chi connectivity index (χ1) is 16.8. The van der Waals surface area contributed by atoms with Crippen LogP contribution in [0.5, 0.6) is 0 Å². The van der Waals surface area contributed by atoms with Gasteiger partial charge in [0.15, 0.2) is 0 Å². The van der Waals surface area contributed by atoms with Gasteiger partial charge in [-0.05, 0) is 72.3 Å². The number of rotatable bonds is 12. The summed E-state index contributed by atoms with van der Waals surface area (Å²) in [6.45, 7) is 7.54. The number of hydrogen-bond acceptors (Lipinski definition) is 6. The van der Waals surface area contributed by atoms with E-state index in [9.17, 15) is 9.90 Å². The van der Waals surface area contributed by atoms with E-state index in [1.54, 1.807) is 18.3 Å². The summed E-state index contributed by atoms with van der Waals surface area (Å²) in [5.74, 6) is 0. The maximum Gasteiger partial charge on any atom is 0.407 e. The zero-order chi connectivity index (χ0) is 25.3. The van der Waals surface area contributed by atoms with Crippen molar-refractivity contribution in [2.24, 2.45) is 12.2 Å². The van der Waals surface area contributed by atoms with Gasteiger partial charge in [0.1, 0.15) is 18.9 Å². The van der Waals surface area contributed by atoms with E-state index >= 15 is 0 Å². The summed E-state index contributed by atoms with van der Waals surface area (Å²) in [5, 5.41) is 21.1. The van der Waals surface area contributed by atoms with Crippen LogP contribution < -0.4 is 5.32 Å². The molecule has 0 aliphatic rings. The van der Waals surface area contributed by atoms with Gasteiger partial charge in [-0.3, -0.25) is 0 Å². The second kappa shape index (κ2) is 12.4. The lowest BCUT2D eigenvalue weighted by Gasteiger charge is -2.28. The Hall–Kier alpha value is -3.36. The van der Waals surface area contributed by atoms with E-state index in [0.717, 1.165) is 22.7 Å². The fourth-order valence-corrected chi connectivity index (χ4v) is 4.31. The largest absolute Gasteiger partial charge is 0.445 e. The molecule has 3 rings (SSSR count). The Kier molecular flexibility index (Phi) is 9.28. The summed E-state index contributed by atoms with van der Waals surface area (Å²) in [4.78, 5) is 17.5. The highest BCUT2D eigenvalue weighted by Crippen LogP contribution is 2.22. The lowest BCUT2D eigenvalue weighted by molar-refractivity contribution is 0.120. The van der Waals surface area contributed by atoms with Gasteiger partial charge in [-0.15, -0.1) is 0 Å². The third-order valence-electron chi connectivity index (χ3n) is 5.86. The number of carbonyl (C=O) groups is 1. The van der Waals surface area contributed by atoms with Crippen molar-refractivity contribution in [1.82, 2.24) is 9.88 Å². The fourth-order valence-electron chi connectivity index (χ4n) is 3.64. The number of nitrogens with one attached hydrogen (secondary N) is 1. The summed E-state index contributed by atoms with van der Waals surface area (Å²) >= 11 is 1.69. The third kappa shape index (κ3) is 7.31. The van der Waals surface area contributed by atoms with Gasteiger partial charge in [-0.25, -0.2) is 4.79 Å². The molecule has 0 saturated heterocycles. The van der Waals surface area contributed by atoms with E-state index in [2.05, 4.69) is 58.1 Å². The topological polar surface area (TPSA) is 85.1 Å². The van der Waals surface area contributed by atoms with E-state index in [4.69, 9.17) is 9.57 Å². The number of oxime groups is 1. The molecule has 0 aliphatic heterocycles. The summed E-state index contributed by atoms with van der Waals surface area (Å²) in [6.07, 6.45) is 2.12. The van der Waals surface area contributed by atoms with Crippen LogP contribution >= 0.6 is 11.3 Å². The Morgan fingerprint density at radius 1 is 1.23 bits per heavy atom. The molecule has 0 aliphatic carbocycles. The highest BCUT2D eigenvalue weighted by molar-refractivity contribution is 7.08. The molecule has 0 bridgehead atoms. The molecule has 1 aromatic carbocycles. The Morgan fingerprint density at radius 2 is 2.00 bits per heavy atom. The molecular formula is C27H33N3O4S. The quantitative estimate of drug-likeness (QED) is 0.203. The van der Waals surface area contributed by atoms with Crippen LogP contribution in [0.15, 0.2) is 71.0 Å². The molecule has 186 valence electrons. The van der Waals surface area contributed by atoms with Gasteiger partial charge >= 0.3 is 6.09 Å². The van der Waals surface area contributed by atoms with E-state index in [0.29, 0.717) is 19.4 Å². The normalized spacial score (nSPS) is 13.2. The number of hydrogen-bond donors (Lipinski definition) is 2. The van der Waals surface area contributed by atoms with E-state index < -0.39 is 11.6 Å². The number of thiophene rings is 1. The molecule has 0 spiro atoms. The second-order valence-electron chi connectivity index (χ2n) is 8.66. The smallest absolute Gasteiger partial charge is 0.407 e. The number of carbonyl (C=O) groups excluding carboxylic acids is 1. The maximum absolute atomic E-state index is 11.9. The van der Waals surface area contributed by atoms with Crippen LogP contribution in [0.25, 0.3) is 11.1 Å². The molecule has 2 N–H and O–H groups in total. The molecule has 2 aromatic heterocycles. The van der Waals surface area contributed by atoms with E-state index in [1.165, 1.54) is 17.2 Å². The molecule has 0 fully saturated rings. The molecule has 1 amide bonds. The molecule has 0 radical (unpaired) electrons. The molecule has 35 heavy (non-hydrogen) atoms. The maximum atomic E-state index is 11.9. The number of benzene rings is 1. The predicted molar refractivity (Wildman–Crippen MR) is 141 cm³/mol. The van der Waals surface area contributed by atoms with Crippen molar-refractivity contribution < 1.29 is 19.5 Å². The molecule has 7 nitrogen and oxygen atoms in total. The zero-order valence-electron chi connectivity index (χ0n) is 20.5. The number of alkyl carbamates (subject to hydrolysis) is 1. The Morgan fingerprint density at radius 3 is 2.66 bits per heavy atom. The predicted octanol–water partition coefficient (Wildman–Crippen LogP) is 5.29. The van der Waals surface area contributed by atoms with Gasteiger partial charge in [0.2, 0.25) is 0 Å². The number of aromatic nitrogens is 1. The Bertz CT molecular complexity index is 1140. The molecule has 3 aromatic rings. The van der Waals surface area contributed by atoms with Gasteiger partial charge in [-0.1, -0.05) is 42.1 Å². The van der Waals surface area contributed by atoms with Gasteiger partial charge in [-0.2, -0.15) is 11.3 Å². The van der Waals surface area contributed by atoms with Crippen molar-refractivity contribution in [3.05, 3.63) is 82.8 Å². The number of aryl methyl sites for hydroxylation is 1. The number of nitrogens with zero attached hydrogens (tertiary/aromatic N) is 2. The summed E-state index contributed by atoms with van der Waals surface area (Å²) in [6, 6.07) is 14.4. The number of ether oxygens (including phenoxy) is 1. The monoisotopic (exact) mass is 495 g/mol. The number of amides is 1. The minimum atomic E-state index is -0.798. The minimum Gasteiger partial charge on any atom is -0.445 e. The molecule has 1 atom stereocenters. The van der Waals surface area contributed by atoms with Crippen LogP contribution in [0.4, 0.5) is 4.79 Å². The standard InChI is InChI=1S/C27H33N3O4S/c1-5-15-33-26(32)28-27(3,19-31)14-12-24-10-11-25(30(24)4)20(2)29-34-17-21-6-8-22(9-7-21)23-13-16-35-18-23/h5-11,13,16,18,31H,1,12,14-15,17,19H2,2-4H3,(H,28,32)/t27-/m1/s1. The Balaban J connectivity index is 1.55. The lowest BCUT2D eigenvalue weighted by atomic mass is 9.96. The molecule has 2 heterocycles. The van der Waals surface area contributed by atoms with Crippen LogP contribution in [0.1, 0.15) is 37.2 Å². The summed E-state index contributed by atoms with van der Waals surface area (Å²) in [5.41, 5.74) is 5.43. The van der Waals surface area contributed by atoms with Gasteiger partial charge < -0.3 is 24.6 Å². The number of aliphatic hydroxyl groups is 1. The minimum absolute atomic E-state index is 0.121. The average molecular weight is 496 g/mol. The van der Waals surface area contributed by atoms with Crippen LogP contribution in [-0.2, 0) is 29.6 Å². The first-order valence-corrected chi connectivity index (χ1v) is 12.4. The molecule has 8 heteroatoms. The Labute approximate surface area is 210 Å². The first kappa shape index (κ1) is 26.2. The van der Waals surface area contributed by atoms with Gasteiger partial charge in [0.05, 0.1) is 17.8 Å². The first-order valence-electron chi connectivity index (χ1n) is 11.4. The fraction of sp³-hybridized carbons (Fsp3) is 0.333. The summed E-state index contributed by atoms with van der Waals surface area (Å²) < 4.78 is 7.03. The van der Waals surface area contributed by atoms with Crippen LogP contribution in [0, 0.1) is 0 Å². The van der Waals surface area contributed by atoms with Gasteiger partial charge in [0.25, 0.3) is 0 Å². The lowest BCUT2D eigenvalue weighted by Crippen LogP contribution is -2.49. The number of aliphatic hydroxyl groups excluding tert-OH is 1. The van der Waals surface area contributed by atoms with Crippen molar-refractivity contribution in [3.63, 3.8) is 0 Å². The third-order valence-corrected chi connectivity index (χ3v) is 6.54.